The third kappa shape index (κ3) is 3.15. The van der Waals surface area contributed by atoms with Crippen molar-refractivity contribution in [2.75, 3.05) is 10.6 Å². The lowest BCUT2D eigenvalue weighted by Gasteiger charge is -2.13. The molecule has 0 radical (unpaired) electrons. The van der Waals surface area contributed by atoms with Gasteiger partial charge in [0.05, 0.1) is 16.4 Å². The summed E-state index contributed by atoms with van der Waals surface area (Å²) in [7, 11) is 0. The summed E-state index contributed by atoms with van der Waals surface area (Å²) in [5.74, 6) is -3.32. The zero-order valence-electron chi connectivity index (χ0n) is 9.95. The van der Waals surface area contributed by atoms with E-state index in [4.69, 9.17) is 23.8 Å². The first-order chi connectivity index (χ1) is 9.49. The number of hydrogen-bond acceptors (Lipinski definition) is 2. The van der Waals surface area contributed by atoms with Gasteiger partial charge in [-0.3, -0.25) is 0 Å². The van der Waals surface area contributed by atoms with Crippen molar-refractivity contribution < 1.29 is 13.9 Å². The lowest BCUT2D eigenvalue weighted by atomic mass is 10.2. The molecular formula is C13H9ClF2N2OS. The van der Waals surface area contributed by atoms with E-state index in [1.807, 2.05) is 0 Å². The van der Waals surface area contributed by atoms with Crippen molar-refractivity contribution in [2.45, 2.75) is 0 Å². The first-order valence-electron chi connectivity index (χ1n) is 5.48. The first kappa shape index (κ1) is 14.5. The Labute approximate surface area is 124 Å². The van der Waals surface area contributed by atoms with Crippen molar-refractivity contribution in [1.82, 2.24) is 0 Å². The zero-order chi connectivity index (χ0) is 14.7. The van der Waals surface area contributed by atoms with E-state index in [-0.39, 0.29) is 10.8 Å². The second-order valence-corrected chi connectivity index (χ2v) is 4.63. The number of nitrogens with one attached hydrogen (secondary N) is 2. The van der Waals surface area contributed by atoms with Gasteiger partial charge in [0.25, 0.3) is 0 Å². The Morgan fingerprint density at radius 3 is 2.40 bits per heavy atom. The fraction of sp³-hybridized carbons (Fsp3) is 0. The van der Waals surface area contributed by atoms with Crippen molar-refractivity contribution in [3.8, 4) is 5.75 Å². The van der Waals surface area contributed by atoms with E-state index in [1.165, 1.54) is 6.07 Å². The van der Waals surface area contributed by atoms with Crippen LogP contribution in [0.1, 0.15) is 0 Å². The van der Waals surface area contributed by atoms with E-state index in [9.17, 15) is 13.9 Å². The van der Waals surface area contributed by atoms with Crippen LogP contribution in [0.3, 0.4) is 0 Å². The minimum Gasteiger partial charge on any atom is -0.503 e. The lowest BCUT2D eigenvalue weighted by molar-refractivity contribution is 0.409. The van der Waals surface area contributed by atoms with E-state index < -0.39 is 17.4 Å². The van der Waals surface area contributed by atoms with E-state index in [0.29, 0.717) is 10.7 Å². The predicted molar refractivity (Wildman–Crippen MR) is 79.3 cm³/mol. The van der Waals surface area contributed by atoms with Crippen LogP contribution >= 0.6 is 23.8 Å². The van der Waals surface area contributed by atoms with Gasteiger partial charge in [-0.2, -0.15) is 4.39 Å². The van der Waals surface area contributed by atoms with E-state index in [0.717, 1.165) is 6.07 Å². The summed E-state index contributed by atoms with van der Waals surface area (Å²) in [5.41, 5.74) is 0.502. The number of benzene rings is 2. The molecule has 0 saturated carbocycles. The third-order valence-electron chi connectivity index (χ3n) is 2.44. The minimum absolute atomic E-state index is 0.0477. The Hall–Kier alpha value is -1.92. The highest BCUT2D eigenvalue weighted by molar-refractivity contribution is 7.80. The summed E-state index contributed by atoms with van der Waals surface area (Å²) >= 11 is 10.9. The third-order valence-corrected chi connectivity index (χ3v) is 2.97. The van der Waals surface area contributed by atoms with Gasteiger partial charge in [0.2, 0.25) is 5.82 Å². The van der Waals surface area contributed by atoms with Gasteiger partial charge in [-0.25, -0.2) is 4.39 Å². The van der Waals surface area contributed by atoms with E-state index in [1.54, 1.807) is 24.3 Å². The second-order valence-electron chi connectivity index (χ2n) is 3.82. The molecule has 0 atom stereocenters. The Morgan fingerprint density at radius 2 is 1.70 bits per heavy atom. The normalized spacial score (nSPS) is 10.2. The zero-order valence-corrected chi connectivity index (χ0v) is 11.5. The average Bonchev–Trinajstić information content (AvgIpc) is 2.42. The van der Waals surface area contributed by atoms with Gasteiger partial charge in [-0.1, -0.05) is 23.7 Å². The predicted octanol–water partition coefficient (Wildman–Crippen LogP) is 4.13. The quantitative estimate of drug-likeness (QED) is 0.576. The summed E-state index contributed by atoms with van der Waals surface area (Å²) < 4.78 is 26.1. The van der Waals surface area contributed by atoms with Crippen molar-refractivity contribution in [2.24, 2.45) is 0 Å². The van der Waals surface area contributed by atoms with Gasteiger partial charge < -0.3 is 15.7 Å². The van der Waals surface area contributed by atoms with Gasteiger partial charge in [0, 0.05) is 0 Å². The number of para-hydroxylation sites is 1. The van der Waals surface area contributed by atoms with Crippen LogP contribution in [0.25, 0.3) is 0 Å². The molecule has 0 aliphatic rings. The Bertz CT molecular complexity index is 667. The van der Waals surface area contributed by atoms with Crippen molar-refractivity contribution in [1.29, 1.82) is 0 Å². The Balaban J connectivity index is 2.13. The fourth-order valence-electron chi connectivity index (χ4n) is 1.48. The van der Waals surface area contributed by atoms with Crippen LogP contribution in [0.5, 0.6) is 5.75 Å². The molecule has 7 heteroatoms. The van der Waals surface area contributed by atoms with Crippen LogP contribution in [0.2, 0.25) is 5.02 Å². The smallest absolute Gasteiger partial charge is 0.202 e. The summed E-state index contributed by atoms with van der Waals surface area (Å²) in [6.45, 7) is 0. The van der Waals surface area contributed by atoms with E-state index >= 15 is 0 Å². The largest absolute Gasteiger partial charge is 0.503 e. The van der Waals surface area contributed by atoms with Gasteiger partial charge in [-0.05, 0) is 36.5 Å². The van der Waals surface area contributed by atoms with Gasteiger partial charge in [0.15, 0.2) is 16.7 Å². The molecule has 2 aromatic carbocycles. The molecule has 0 heterocycles. The molecule has 0 aliphatic carbocycles. The standard InChI is InChI=1S/C13H9ClF2N2OS/c14-7-3-1-2-4-9(7)17-13(20)18-10-6-5-8(15)11(16)12(10)19/h1-6,19H,(H2,17,18,20). The second kappa shape index (κ2) is 6.02. The molecule has 104 valence electrons. The van der Waals surface area contributed by atoms with E-state index in [2.05, 4.69) is 10.6 Å². The molecule has 0 aliphatic heterocycles. The lowest BCUT2D eigenvalue weighted by Crippen LogP contribution is -2.19. The Morgan fingerprint density at radius 1 is 1.05 bits per heavy atom. The van der Waals surface area contributed by atoms with Crippen LogP contribution in [0.4, 0.5) is 20.2 Å². The molecule has 0 aromatic heterocycles. The monoisotopic (exact) mass is 314 g/mol. The number of rotatable bonds is 2. The number of phenolic OH excluding ortho intramolecular Hbond substituents is 1. The number of anilines is 2. The summed E-state index contributed by atoms with van der Waals surface area (Å²) in [6, 6.07) is 8.93. The molecule has 0 bridgehead atoms. The van der Waals surface area contributed by atoms with Crippen molar-refractivity contribution in [3.63, 3.8) is 0 Å². The molecule has 0 saturated heterocycles. The maximum absolute atomic E-state index is 13.2. The molecule has 0 amide bonds. The first-order valence-corrected chi connectivity index (χ1v) is 6.27. The summed E-state index contributed by atoms with van der Waals surface area (Å²) in [4.78, 5) is 0. The van der Waals surface area contributed by atoms with Gasteiger partial charge in [-0.15, -0.1) is 0 Å². The summed E-state index contributed by atoms with van der Waals surface area (Å²) in [5, 5.41) is 15.3. The highest BCUT2D eigenvalue weighted by atomic mass is 35.5. The molecule has 0 spiro atoms. The van der Waals surface area contributed by atoms with Crippen LogP contribution < -0.4 is 10.6 Å². The van der Waals surface area contributed by atoms with Crippen LogP contribution in [-0.4, -0.2) is 10.2 Å². The molecule has 2 rings (SSSR count). The molecule has 2 aromatic rings. The number of thiocarbonyl (C=S) groups is 1. The highest BCUT2D eigenvalue weighted by Gasteiger charge is 2.13. The SMILES string of the molecule is Oc1c(NC(=S)Nc2ccccc2Cl)ccc(F)c1F. The van der Waals surface area contributed by atoms with Crippen LogP contribution in [0, 0.1) is 11.6 Å². The number of halogens is 3. The molecule has 0 fully saturated rings. The topological polar surface area (TPSA) is 44.3 Å². The molecule has 3 nitrogen and oxygen atoms in total. The molecular weight excluding hydrogens is 306 g/mol. The van der Waals surface area contributed by atoms with Gasteiger partial charge in [0.1, 0.15) is 0 Å². The van der Waals surface area contributed by atoms with Crippen molar-refractivity contribution in [3.05, 3.63) is 53.1 Å². The van der Waals surface area contributed by atoms with Gasteiger partial charge >= 0.3 is 0 Å². The highest BCUT2D eigenvalue weighted by Crippen LogP contribution is 2.28. The molecule has 0 unspecified atom stereocenters. The maximum atomic E-state index is 13.2. The fourth-order valence-corrected chi connectivity index (χ4v) is 1.88. The molecule has 20 heavy (non-hydrogen) atoms. The number of phenols is 1. The summed E-state index contributed by atoms with van der Waals surface area (Å²) in [6.07, 6.45) is 0. The average molecular weight is 315 g/mol. The number of aromatic hydroxyl groups is 1. The van der Waals surface area contributed by atoms with Crippen LogP contribution in [-0.2, 0) is 0 Å². The van der Waals surface area contributed by atoms with Crippen molar-refractivity contribution >= 4 is 40.3 Å². The Kier molecular flexibility index (Phi) is 4.36. The van der Waals surface area contributed by atoms with Crippen LogP contribution in [0.15, 0.2) is 36.4 Å². The maximum Gasteiger partial charge on any atom is 0.202 e. The minimum atomic E-state index is -1.34. The molecule has 3 N–H and O–H groups in total. The number of hydrogen-bond donors (Lipinski definition) is 3.